The monoisotopic (exact) mass is 981 g/mol. The lowest BCUT2D eigenvalue weighted by Gasteiger charge is -2.28. The zero-order valence-corrected chi connectivity index (χ0v) is 43.5. The van der Waals surface area contributed by atoms with Gasteiger partial charge in [-0.1, -0.05) is 216 Å². The summed E-state index contributed by atoms with van der Waals surface area (Å²) in [5.74, 6) is 0.631. The Kier molecular flexibility index (Phi) is 9.24. The number of aromatic hydroxyl groups is 1. The lowest BCUT2D eigenvalue weighted by molar-refractivity contribution is 0.446. The van der Waals surface area contributed by atoms with E-state index >= 15 is 0 Å². The molecule has 0 saturated carbocycles. The van der Waals surface area contributed by atoms with E-state index in [-0.39, 0.29) is 27.7 Å². The number of para-hydroxylation sites is 1. The van der Waals surface area contributed by atoms with Crippen LogP contribution < -0.4 is 0 Å². The van der Waals surface area contributed by atoms with E-state index in [1.807, 2.05) is 97.1 Å². The average Bonchev–Trinajstić information content (AvgIpc) is 0.824. The highest BCUT2D eigenvalue weighted by Crippen LogP contribution is 2.48. The maximum absolute atomic E-state index is 12.9. The summed E-state index contributed by atoms with van der Waals surface area (Å²) in [6, 6.07) is 50.4. The lowest BCUT2D eigenvalue weighted by Crippen LogP contribution is -2.17. The van der Waals surface area contributed by atoms with Crippen molar-refractivity contribution in [1.29, 1.82) is 0 Å². The molecule has 0 amide bonds. The summed E-state index contributed by atoms with van der Waals surface area (Å²) < 4.78 is 114. The van der Waals surface area contributed by atoms with Crippen molar-refractivity contribution in [3.05, 3.63) is 216 Å². The molecule has 370 valence electrons. The maximum Gasteiger partial charge on any atom is 0.149 e. The van der Waals surface area contributed by atoms with Gasteiger partial charge < -0.3 is 5.11 Å². The summed E-state index contributed by atoms with van der Waals surface area (Å²) in [5, 5.41) is 12.9. The van der Waals surface area contributed by atoms with Crippen molar-refractivity contribution in [2.45, 2.75) is 105 Å². The lowest BCUT2D eigenvalue weighted by atomic mass is 9.78. The molecule has 0 radical (unpaired) electrons. The van der Waals surface area contributed by atoms with E-state index in [0.717, 1.165) is 72.4 Å². The average molecular weight is 981 g/mol. The van der Waals surface area contributed by atoms with Gasteiger partial charge >= 0.3 is 0 Å². The largest absolute Gasteiger partial charge is 0.507 e. The topological polar surface area (TPSA) is 50.9 Å². The molecule has 2 aromatic heterocycles. The van der Waals surface area contributed by atoms with E-state index in [2.05, 4.69) is 121 Å². The molecular weight excluding hydrogens is 899 g/mol. The van der Waals surface area contributed by atoms with E-state index < -0.39 is 61.1 Å². The minimum absolute atomic E-state index is 0.117. The van der Waals surface area contributed by atoms with Gasteiger partial charge in [0.25, 0.3) is 0 Å². The third-order valence-electron chi connectivity index (χ3n) is 13.8. The van der Waals surface area contributed by atoms with Crippen molar-refractivity contribution in [2.24, 2.45) is 0 Å². The molecule has 0 unspecified atom stereocenters. The molecule has 4 heteroatoms. The van der Waals surface area contributed by atoms with Crippen LogP contribution in [0.3, 0.4) is 0 Å². The third kappa shape index (κ3) is 9.74. The van der Waals surface area contributed by atoms with E-state index in [1.165, 1.54) is 12.3 Å². The predicted octanol–water partition coefficient (Wildman–Crippen LogP) is 19.0. The number of benzene rings is 8. The number of phenolic OH excluding ortho intramolecular Hbond substituents is 1. The normalized spacial score (nSPS) is 15.4. The highest BCUT2D eigenvalue weighted by atomic mass is 16.3. The fourth-order valence-corrected chi connectivity index (χ4v) is 9.78. The summed E-state index contributed by atoms with van der Waals surface area (Å²) in [6.07, 6.45) is 1.44. The molecule has 0 bridgehead atoms. The van der Waals surface area contributed by atoms with Gasteiger partial charge in [-0.3, -0.25) is 9.55 Å². The van der Waals surface area contributed by atoms with Crippen molar-refractivity contribution >= 4 is 11.0 Å². The van der Waals surface area contributed by atoms with E-state index in [1.54, 1.807) is 6.07 Å². The number of aromatic nitrogens is 3. The molecule has 0 spiro atoms. The number of imidazole rings is 1. The Morgan fingerprint density at radius 1 is 0.432 bits per heavy atom. The molecule has 0 aliphatic rings. The number of phenols is 1. The van der Waals surface area contributed by atoms with Gasteiger partial charge in [-0.15, -0.1) is 0 Å². The molecule has 0 atom stereocenters. The smallest absolute Gasteiger partial charge is 0.149 e. The van der Waals surface area contributed by atoms with E-state index in [0.29, 0.717) is 28.2 Å². The molecule has 10 rings (SSSR count). The first-order valence-electron chi connectivity index (χ1n) is 31.5. The van der Waals surface area contributed by atoms with E-state index in [4.69, 9.17) is 25.0 Å². The second-order valence-corrected chi connectivity index (χ2v) is 22.4. The fourth-order valence-electron chi connectivity index (χ4n) is 9.78. The SMILES string of the molecule is [2H]c1c([2H])c(C(C([2H])([2H])[2H])(C([2H])([2H])[2H])C([2H])([2H])[2H])c([2H])c([2H])c1-c1ccnc(-c2cc(-c3ccccc3)cc(-c3cccc4c3nc(-c3cc(C(C)(C)C)cc(C(C)(C)C)c3O)n4-c3cc(-c4ccccc4)c(C(C)(C)C)cc3-c3ccccc3)c2)c1. The predicted molar refractivity (Wildman–Crippen MR) is 313 cm³/mol. The number of nitrogens with zero attached hydrogens (tertiary/aromatic N) is 3. The summed E-state index contributed by atoms with van der Waals surface area (Å²) >= 11 is 0. The van der Waals surface area contributed by atoms with Gasteiger partial charge in [0.2, 0.25) is 0 Å². The molecule has 0 fully saturated rings. The molecule has 74 heavy (non-hydrogen) atoms. The van der Waals surface area contributed by atoms with Gasteiger partial charge in [0.1, 0.15) is 11.6 Å². The molecule has 1 N–H and O–H groups in total. The van der Waals surface area contributed by atoms with Crippen LogP contribution in [0.25, 0.3) is 95.0 Å². The summed E-state index contributed by atoms with van der Waals surface area (Å²) in [4.78, 5) is 10.5. The Balaban J connectivity index is 1.28. The van der Waals surface area contributed by atoms with Crippen LogP contribution in [0.4, 0.5) is 0 Å². The first-order valence-corrected chi connectivity index (χ1v) is 25.0. The van der Waals surface area contributed by atoms with Gasteiger partial charge in [-0.05, 0) is 137 Å². The maximum atomic E-state index is 12.9. The second kappa shape index (κ2) is 18.9. The van der Waals surface area contributed by atoms with Gasteiger partial charge in [-0.25, -0.2) is 4.98 Å². The van der Waals surface area contributed by atoms with Crippen molar-refractivity contribution in [1.82, 2.24) is 14.5 Å². The summed E-state index contributed by atoms with van der Waals surface area (Å²) in [7, 11) is 0. The van der Waals surface area contributed by atoms with Gasteiger partial charge in [0.05, 0.1) is 33.5 Å². The molecule has 2 heterocycles. The Labute approximate surface area is 457 Å². The minimum atomic E-state index is -3.82. The number of rotatable bonds is 8. The molecule has 8 aromatic carbocycles. The summed E-state index contributed by atoms with van der Waals surface area (Å²) in [6.45, 7) is 7.96. The first kappa shape index (κ1) is 36.2. The van der Waals surface area contributed by atoms with Crippen molar-refractivity contribution in [3.63, 3.8) is 0 Å². The number of hydrogen-bond acceptors (Lipinski definition) is 3. The molecule has 0 aliphatic heterocycles. The Morgan fingerprint density at radius 2 is 1.03 bits per heavy atom. The molecule has 4 nitrogen and oxygen atoms in total. The van der Waals surface area contributed by atoms with Crippen LogP contribution in [0.15, 0.2) is 194 Å². The van der Waals surface area contributed by atoms with Crippen LogP contribution in [-0.4, -0.2) is 19.6 Å². The standard InChI is InChI=1S/C70H69N3O/c1-67(2,3)53-33-31-46(32-34-53)49-35-36-71-61(40-49)52-38-50(45-23-16-13-17-24-45)37-51(39-52)55-29-22-30-62-64(55)72-66(58-41-54(68(4,5)6)42-60(65(58)74)70(10,11)12)73(62)63-44-56(47-25-18-14-19-26-47)59(69(7,8)9)43-57(63)48-27-20-15-21-28-48/h13-44,74H,1-12H3/i1D3,2D3,3D3,31D,32D,33D,34D. The zero-order chi connectivity index (χ0) is 63.3. The van der Waals surface area contributed by atoms with Crippen LogP contribution in [0.1, 0.15) is 123 Å². The van der Waals surface area contributed by atoms with E-state index in [9.17, 15) is 7.85 Å². The highest BCUT2D eigenvalue weighted by Gasteiger charge is 2.31. The van der Waals surface area contributed by atoms with Gasteiger partial charge in [-0.2, -0.15) is 0 Å². The highest BCUT2D eigenvalue weighted by molar-refractivity contribution is 5.99. The van der Waals surface area contributed by atoms with Crippen LogP contribution in [0.5, 0.6) is 5.75 Å². The number of pyridine rings is 1. The van der Waals surface area contributed by atoms with Crippen LogP contribution in [-0.2, 0) is 21.7 Å². The van der Waals surface area contributed by atoms with Crippen molar-refractivity contribution in [2.75, 3.05) is 0 Å². The quantitative estimate of drug-likeness (QED) is 0.165. The molecule has 10 aromatic rings. The number of hydrogen-bond donors (Lipinski definition) is 1. The number of fused-ring (bicyclic) bond motifs is 1. The molecular formula is C70H69N3O. The van der Waals surface area contributed by atoms with Crippen LogP contribution >= 0.6 is 0 Å². The third-order valence-corrected chi connectivity index (χ3v) is 13.8. The summed E-state index contributed by atoms with van der Waals surface area (Å²) in [5.41, 5.74) is 7.43. The van der Waals surface area contributed by atoms with Crippen LogP contribution in [0.2, 0.25) is 0 Å². The van der Waals surface area contributed by atoms with Crippen molar-refractivity contribution in [3.8, 4) is 89.7 Å². The second-order valence-electron chi connectivity index (χ2n) is 22.4. The molecule has 0 aliphatic carbocycles. The Bertz CT molecular complexity index is 4210. The first-order chi connectivity index (χ1) is 40.6. The van der Waals surface area contributed by atoms with Crippen molar-refractivity contribution < 1.29 is 22.9 Å². The van der Waals surface area contributed by atoms with Gasteiger partial charge in [0.15, 0.2) is 0 Å². The van der Waals surface area contributed by atoms with Crippen LogP contribution in [0, 0.1) is 0 Å². The fraction of sp³-hybridized carbons (Fsp3) is 0.229. The Hall–Kier alpha value is -7.82. The zero-order valence-electron chi connectivity index (χ0n) is 56.5. The van der Waals surface area contributed by atoms with Gasteiger partial charge in [0, 0.05) is 40.8 Å². The Morgan fingerprint density at radius 3 is 1.64 bits per heavy atom. The minimum Gasteiger partial charge on any atom is -0.507 e. The molecule has 0 saturated heterocycles.